The summed E-state index contributed by atoms with van der Waals surface area (Å²) in [5.41, 5.74) is 3.76. The summed E-state index contributed by atoms with van der Waals surface area (Å²) in [5.74, 6) is -0.301. The largest absolute Gasteiger partial charge is 0.354 e. The molecule has 3 N–H and O–H groups in total. The van der Waals surface area contributed by atoms with Crippen LogP contribution in [0, 0.1) is 0 Å². The molecule has 0 saturated heterocycles. The second-order valence-electron chi connectivity index (χ2n) is 6.01. The van der Waals surface area contributed by atoms with Crippen LogP contribution in [0.2, 0.25) is 0 Å². The summed E-state index contributed by atoms with van der Waals surface area (Å²) in [6.07, 6.45) is 3.18. The summed E-state index contributed by atoms with van der Waals surface area (Å²) >= 11 is 0. The van der Waals surface area contributed by atoms with Crippen molar-refractivity contribution in [3.05, 3.63) is 84.2 Å². The lowest BCUT2D eigenvalue weighted by atomic mass is 10.2. The van der Waals surface area contributed by atoms with E-state index >= 15 is 0 Å². The Labute approximate surface area is 157 Å². The van der Waals surface area contributed by atoms with E-state index in [9.17, 15) is 9.59 Å². The van der Waals surface area contributed by atoms with Crippen molar-refractivity contribution >= 4 is 28.9 Å². The average molecular weight is 360 g/mol. The van der Waals surface area contributed by atoms with Gasteiger partial charge in [-0.3, -0.25) is 14.6 Å². The van der Waals surface area contributed by atoms with Gasteiger partial charge in [-0.1, -0.05) is 30.3 Å². The minimum atomic E-state index is -0.184. The standard InChI is InChI=1S/C21H20N4O2/c1-15(26)24-18-7-9-19(10-8-18)25-20-11-17(13-22-14-20)21(27)23-12-16-5-3-2-4-6-16/h2-11,13-14,25H,12H2,1H3,(H,23,27)(H,24,26). The number of pyridine rings is 1. The van der Waals surface area contributed by atoms with E-state index in [1.807, 2.05) is 42.5 Å². The molecule has 0 aliphatic carbocycles. The normalized spacial score (nSPS) is 10.1. The van der Waals surface area contributed by atoms with Crippen molar-refractivity contribution < 1.29 is 9.59 Å². The Morgan fingerprint density at radius 3 is 2.30 bits per heavy atom. The van der Waals surface area contributed by atoms with Crippen LogP contribution in [-0.4, -0.2) is 16.8 Å². The van der Waals surface area contributed by atoms with Crippen LogP contribution in [0.5, 0.6) is 0 Å². The van der Waals surface area contributed by atoms with Gasteiger partial charge in [0, 0.05) is 31.0 Å². The summed E-state index contributed by atoms with van der Waals surface area (Å²) in [7, 11) is 0. The van der Waals surface area contributed by atoms with Gasteiger partial charge in [0.15, 0.2) is 0 Å². The Morgan fingerprint density at radius 2 is 1.59 bits per heavy atom. The Hall–Kier alpha value is -3.67. The van der Waals surface area contributed by atoms with Crippen molar-refractivity contribution in [3.63, 3.8) is 0 Å². The molecule has 0 bridgehead atoms. The Balaban J connectivity index is 1.62. The van der Waals surface area contributed by atoms with Crippen molar-refractivity contribution in [3.8, 4) is 0 Å². The summed E-state index contributed by atoms with van der Waals surface area (Å²) in [6.45, 7) is 1.92. The molecular weight excluding hydrogens is 340 g/mol. The first-order chi connectivity index (χ1) is 13.1. The minimum Gasteiger partial charge on any atom is -0.354 e. The van der Waals surface area contributed by atoms with Crippen molar-refractivity contribution in [2.45, 2.75) is 13.5 Å². The first-order valence-corrected chi connectivity index (χ1v) is 8.52. The highest BCUT2D eigenvalue weighted by atomic mass is 16.2. The number of aromatic nitrogens is 1. The monoisotopic (exact) mass is 360 g/mol. The number of carbonyl (C=O) groups excluding carboxylic acids is 2. The molecule has 0 saturated carbocycles. The highest BCUT2D eigenvalue weighted by Crippen LogP contribution is 2.19. The maximum Gasteiger partial charge on any atom is 0.253 e. The number of hydrogen-bond acceptors (Lipinski definition) is 4. The third-order valence-electron chi connectivity index (χ3n) is 3.79. The Bertz CT molecular complexity index is 924. The molecule has 2 aromatic carbocycles. The van der Waals surface area contributed by atoms with Gasteiger partial charge < -0.3 is 16.0 Å². The number of amides is 2. The highest BCUT2D eigenvalue weighted by molar-refractivity contribution is 5.94. The Morgan fingerprint density at radius 1 is 0.889 bits per heavy atom. The number of hydrogen-bond donors (Lipinski definition) is 3. The summed E-state index contributed by atoms with van der Waals surface area (Å²) in [5, 5.41) is 8.80. The number of rotatable bonds is 6. The predicted octanol–water partition coefficient (Wildman–Crippen LogP) is 3.71. The van der Waals surface area contributed by atoms with Crippen LogP contribution in [0.25, 0.3) is 0 Å². The number of benzene rings is 2. The molecular formula is C21H20N4O2. The zero-order valence-corrected chi connectivity index (χ0v) is 14.9. The summed E-state index contributed by atoms with van der Waals surface area (Å²) in [6, 6.07) is 18.8. The molecule has 0 unspecified atom stereocenters. The molecule has 0 fully saturated rings. The maximum atomic E-state index is 12.4. The first kappa shape index (κ1) is 18.1. The van der Waals surface area contributed by atoms with Gasteiger partial charge in [0.2, 0.25) is 5.91 Å². The molecule has 0 aliphatic heterocycles. The molecule has 6 nitrogen and oxygen atoms in total. The van der Waals surface area contributed by atoms with Crippen LogP contribution in [0.1, 0.15) is 22.8 Å². The van der Waals surface area contributed by atoms with E-state index in [-0.39, 0.29) is 11.8 Å². The second-order valence-corrected chi connectivity index (χ2v) is 6.01. The van der Waals surface area contributed by atoms with Crippen molar-refractivity contribution in [1.29, 1.82) is 0 Å². The molecule has 1 aromatic heterocycles. The zero-order chi connectivity index (χ0) is 19.1. The van der Waals surface area contributed by atoms with Gasteiger partial charge in [0.25, 0.3) is 5.91 Å². The van der Waals surface area contributed by atoms with E-state index in [0.717, 1.165) is 16.9 Å². The molecule has 1 heterocycles. The molecule has 0 atom stereocenters. The van der Waals surface area contributed by atoms with Crippen molar-refractivity contribution in [2.75, 3.05) is 10.6 Å². The third kappa shape index (κ3) is 5.40. The lowest BCUT2D eigenvalue weighted by molar-refractivity contribution is -0.114. The van der Waals surface area contributed by atoms with Crippen LogP contribution in [0.4, 0.5) is 17.1 Å². The number of nitrogens with zero attached hydrogens (tertiary/aromatic N) is 1. The Kier molecular flexibility index (Phi) is 5.79. The fraction of sp³-hybridized carbons (Fsp3) is 0.0952. The van der Waals surface area contributed by atoms with Gasteiger partial charge in [-0.05, 0) is 35.9 Å². The smallest absolute Gasteiger partial charge is 0.253 e. The molecule has 0 radical (unpaired) electrons. The SMILES string of the molecule is CC(=O)Nc1ccc(Nc2cncc(C(=O)NCc3ccccc3)c2)cc1. The highest BCUT2D eigenvalue weighted by Gasteiger charge is 2.07. The third-order valence-corrected chi connectivity index (χ3v) is 3.79. The maximum absolute atomic E-state index is 12.4. The molecule has 136 valence electrons. The summed E-state index contributed by atoms with van der Waals surface area (Å²) < 4.78 is 0. The molecule has 0 aliphatic rings. The molecule has 3 rings (SSSR count). The lowest BCUT2D eigenvalue weighted by Gasteiger charge is -2.10. The molecule has 6 heteroatoms. The molecule has 0 spiro atoms. The van der Waals surface area contributed by atoms with Crippen LogP contribution in [0.15, 0.2) is 73.1 Å². The van der Waals surface area contributed by atoms with E-state index in [0.29, 0.717) is 17.8 Å². The van der Waals surface area contributed by atoms with Crippen molar-refractivity contribution in [2.24, 2.45) is 0 Å². The van der Waals surface area contributed by atoms with Gasteiger partial charge in [0.1, 0.15) is 0 Å². The van der Waals surface area contributed by atoms with Gasteiger partial charge >= 0.3 is 0 Å². The molecule has 3 aromatic rings. The summed E-state index contributed by atoms with van der Waals surface area (Å²) in [4.78, 5) is 27.5. The molecule has 2 amide bonds. The van der Waals surface area contributed by atoms with Crippen LogP contribution in [-0.2, 0) is 11.3 Å². The topological polar surface area (TPSA) is 83.1 Å². The van der Waals surface area contributed by atoms with E-state index in [4.69, 9.17) is 0 Å². The fourth-order valence-corrected chi connectivity index (χ4v) is 2.52. The quantitative estimate of drug-likeness (QED) is 0.626. The van der Waals surface area contributed by atoms with E-state index in [1.165, 1.54) is 13.1 Å². The van der Waals surface area contributed by atoms with E-state index in [1.54, 1.807) is 24.4 Å². The predicted molar refractivity (Wildman–Crippen MR) is 106 cm³/mol. The fourth-order valence-electron chi connectivity index (χ4n) is 2.52. The zero-order valence-electron chi connectivity index (χ0n) is 14.9. The van der Waals surface area contributed by atoms with Crippen LogP contribution < -0.4 is 16.0 Å². The number of nitrogens with one attached hydrogen (secondary N) is 3. The van der Waals surface area contributed by atoms with Gasteiger partial charge in [0.05, 0.1) is 17.4 Å². The lowest BCUT2D eigenvalue weighted by Crippen LogP contribution is -2.22. The molecule has 27 heavy (non-hydrogen) atoms. The van der Waals surface area contributed by atoms with Gasteiger partial charge in [-0.15, -0.1) is 0 Å². The number of carbonyl (C=O) groups is 2. The number of anilines is 3. The average Bonchev–Trinajstić information content (AvgIpc) is 2.68. The van der Waals surface area contributed by atoms with Crippen LogP contribution in [0.3, 0.4) is 0 Å². The minimum absolute atomic E-state index is 0.117. The van der Waals surface area contributed by atoms with Crippen molar-refractivity contribution in [1.82, 2.24) is 10.3 Å². The van der Waals surface area contributed by atoms with Crippen LogP contribution >= 0.6 is 0 Å². The second kappa shape index (κ2) is 8.62. The first-order valence-electron chi connectivity index (χ1n) is 8.52. The van der Waals surface area contributed by atoms with Gasteiger partial charge in [-0.2, -0.15) is 0 Å². The van der Waals surface area contributed by atoms with E-state index in [2.05, 4.69) is 20.9 Å². The van der Waals surface area contributed by atoms with Gasteiger partial charge in [-0.25, -0.2) is 0 Å². The van der Waals surface area contributed by atoms with E-state index < -0.39 is 0 Å².